The lowest BCUT2D eigenvalue weighted by atomic mass is 10.0. The Labute approximate surface area is 196 Å². The average Bonchev–Trinajstić information content (AvgIpc) is 2.79. The highest BCUT2D eigenvalue weighted by atomic mass is 32.2. The zero-order valence-electron chi connectivity index (χ0n) is 19.2. The summed E-state index contributed by atoms with van der Waals surface area (Å²) in [4.78, 5) is 26.5. The third kappa shape index (κ3) is 6.20. The number of nitrogens with one attached hydrogen (secondary N) is 1. The third-order valence-electron chi connectivity index (χ3n) is 6.23. The molecule has 1 aromatic carbocycles. The lowest BCUT2D eigenvalue weighted by Crippen LogP contribution is -2.55. The number of nitrogens with zero attached hydrogens (tertiary/aromatic N) is 2. The summed E-state index contributed by atoms with van der Waals surface area (Å²) in [5.74, 6) is -0.298. The number of carbonyl (C=O) groups is 2. The van der Waals surface area contributed by atoms with Gasteiger partial charge in [0.2, 0.25) is 26.0 Å². The van der Waals surface area contributed by atoms with Gasteiger partial charge >= 0.3 is 0 Å². The molecule has 1 unspecified atom stereocenters. The van der Waals surface area contributed by atoms with E-state index >= 15 is 0 Å². The second-order valence-corrected chi connectivity index (χ2v) is 12.5. The van der Waals surface area contributed by atoms with Crippen LogP contribution in [0.4, 0.5) is 0 Å². The van der Waals surface area contributed by atoms with Crippen molar-refractivity contribution in [3.63, 3.8) is 0 Å². The molecule has 2 heterocycles. The van der Waals surface area contributed by atoms with Gasteiger partial charge in [-0.1, -0.05) is 25.5 Å². The SMILES string of the molecule is CCCS(=O)(=O)NC1CCN(C(=O)C2CCCCN2S(=O)(=O)c2ccc(C(C)=O)cc2)CC1. The maximum Gasteiger partial charge on any atom is 0.243 e. The van der Waals surface area contributed by atoms with E-state index in [0.29, 0.717) is 50.8 Å². The van der Waals surface area contributed by atoms with Crippen molar-refractivity contribution in [1.29, 1.82) is 0 Å². The predicted octanol–water partition coefficient (Wildman–Crippen LogP) is 1.75. The van der Waals surface area contributed by atoms with Gasteiger partial charge in [0.05, 0.1) is 10.6 Å². The van der Waals surface area contributed by atoms with Crippen molar-refractivity contribution in [2.45, 2.75) is 69.4 Å². The van der Waals surface area contributed by atoms with Crippen molar-refractivity contribution in [3.05, 3.63) is 29.8 Å². The van der Waals surface area contributed by atoms with E-state index in [-0.39, 0.29) is 34.9 Å². The summed E-state index contributed by atoms with van der Waals surface area (Å²) >= 11 is 0. The van der Waals surface area contributed by atoms with Gasteiger partial charge in [-0.25, -0.2) is 21.6 Å². The molecule has 2 fully saturated rings. The van der Waals surface area contributed by atoms with Gasteiger partial charge < -0.3 is 4.90 Å². The summed E-state index contributed by atoms with van der Waals surface area (Å²) in [6.07, 6.45) is 3.43. The molecule has 0 spiro atoms. The zero-order valence-corrected chi connectivity index (χ0v) is 20.8. The fourth-order valence-electron chi connectivity index (χ4n) is 4.45. The first-order chi connectivity index (χ1) is 15.5. The van der Waals surface area contributed by atoms with Gasteiger partial charge in [-0.3, -0.25) is 9.59 Å². The highest BCUT2D eigenvalue weighted by Gasteiger charge is 2.40. The van der Waals surface area contributed by atoms with Gasteiger partial charge in [-0.2, -0.15) is 4.31 Å². The number of benzene rings is 1. The van der Waals surface area contributed by atoms with Crippen LogP contribution in [0, 0.1) is 0 Å². The molecule has 2 aliphatic rings. The van der Waals surface area contributed by atoms with Gasteiger partial charge in [-0.15, -0.1) is 0 Å². The maximum absolute atomic E-state index is 13.3. The van der Waals surface area contributed by atoms with Crippen LogP contribution in [0.2, 0.25) is 0 Å². The molecule has 0 aromatic heterocycles. The largest absolute Gasteiger partial charge is 0.341 e. The molecular weight excluding hydrogens is 466 g/mol. The van der Waals surface area contributed by atoms with Gasteiger partial charge in [0, 0.05) is 31.2 Å². The molecule has 1 atom stereocenters. The Morgan fingerprint density at radius 2 is 1.61 bits per heavy atom. The van der Waals surface area contributed by atoms with Gasteiger partial charge in [0.1, 0.15) is 6.04 Å². The third-order valence-corrected chi connectivity index (χ3v) is 9.79. The average molecular weight is 500 g/mol. The van der Waals surface area contributed by atoms with Crippen LogP contribution in [0.3, 0.4) is 0 Å². The minimum absolute atomic E-state index is 0.0660. The van der Waals surface area contributed by atoms with Crippen molar-refractivity contribution in [3.8, 4) is 0 Å². The first-order valence-corrected chi connectivity index (χ1v) is 14.6. The summed E-state index contributed by atoms with van der Waals surface area (Å²) in [5, 5.41) is 0. The Kier molecular flexibility index (Phi) is 8.31. The summed E-state index contributed by atoms with van der Waals surface area (Å²) in [7, 11) is -7.21. The lowest BCUT2D eigenvalue weighted by molar-refractivity contribution is -0.137. The fourth-order valence-corrected chi connectivity index (χ4v) is 7.50. The molecule has 2 aliphatic heterocycles. The zero-order chi connectivity index (χ0) is 24.2. The van der Waals surface area contributed by atoms with Crippen LogP contribution in [0.25, 0.3) is 0 Å². The number of sulfonamides is 2. The fraction of sp³-hybridized carbons (Fsp3) is 0.636. The molecule has 0 bridgehead atoms. The second-order valence-electron chi connectivity index (χ2n) is 8.74. The molecule has 1 amide bonds. The summed E-state index contributed by atoms with van der Waals surface area (Å²) in [6.45, 7) is 4.26. The summed E-state index contributed by atoms with van der Waals surface area (Å²) in [6, 6.07) is 4.81. The molecule has 184 valence electrons. The van der Waals surface area contributed by atoms with Crippen LogP contribution in [-0.4, -0.2) is 75.2 Å². The van der Waals surface area contributed by atoms with Crippen LogP contribution in [-0.2, 0) is 24.8 Å². The highest BCUT2D eigenvalue weighted by molar-refractivity contribution is 7.89. The Balaban J connectivity index is 1.70. The van der Waals surface area contributed by atoms with Crippen molar-refractivity contribution < 1.29 is 26.4 Å². The van der Waals surface area contributed by atoms with Crippen molar-refractivity contribution >= 4 is 31.7 Å². The van der Waals surface area contributed by atoms with Gasteiger partial charge in [0.25, 0.3) is 0 Å². The number of hydrogen-bond donors (Lipinski definition) is 1. The molecule has 1 aromatic rings. The standard InChI is InChI=1S/C22H33N3O6S2/c1-3-16-32(28,29)23-19-11-14-24(15-12-19)22(27)21-6-4-5-13-25(21)33(30,31)20-9-7-18(8-10-20)17(2)26/h7-10,19,21,23H,3-6,11-16H2,1-2H3. The highest BCUT2D eigenvalue weighted by Crippen LogP contribution is 2.28. The molecule has 0 aliphatic carbocycles. The van der Waals surface area contributed by atoms with Crippen LogP contribution in [0.5, 0.6) is 0 Å². The first-order valence-electron chi connectivity index (χ1n) is 11.5. The first kappa shape index (κ1) is 25.8. The lowest BCUT2D eigenvalue weighted by Gasteiger charge is -2.39. The van der Waals surface area contributed by atoms with E-state index < -0.39 is 26.1 Å². The van der Waals surface area contributed by atoms with Gasteiger partial charge in [0.15, 0.2) is 5.78 Å². The minimum Gasteiger partial charge on any atom is -0.341 e. The summed E-state index contributed by atoms with van der Waals surface area (Å²) in [5.41, 5.74) is 0.428. The molecule has 3 rings (SSSR count). The smallest absolute Gasteiger partial charge is 0.243 e. The number of ketones is 1. The molecule has 0 saturated carbocycles. The van der Waals surface area contributed by atoms with Crippen LogP contribution < -0.4 is 4.72 Å². The Hall–Kier alpha value is -1.82. The Morgan fingerprint density at radius 1 is 0.970 bits per heavy atom. The second kappa shape index (κ2) is 10.6. The molecule has 0 radical (unpaired) electrons. The number of carbonyl (C=O) groups excluding carboxylic acids is 2. The maximum atomic E-state index is 13.3. The number of Topliss-reactive ketones (excluding diaryl/α,β-unsaturated/α-hetero) is 1. The van der Waals surface area contributed by atoms with E-state index in [9.17, 15) is 26.4 Å². The molecule has 33 heavy (non-hydrogen) atoms. The number of amides is 1. The molecule has 11 heteroatoms. The Morgan fingerprint density at radius 3 is 2.18 bits per heavy atom. The van der Waals surface area contributed by atoms with Gasteiger partial charge in [-0.05, 0) is 51.2 Å². The van der Waals surface area contributed by atoms with E-state index in [1.165, 1.54) is 35.5 Å². The van der Waals surface area contributed by atoms with E-state index in [1.54, 1.807) is 4.90 Å². The topological polar surface area (TPSA) is 121 Å². The molecular formula is C22H33N3O6S2. The van der Waals surface area contributed by atoms with E-state index in [4.69, 9.17) is 0 Å². The molecule has 9 nitrogen and oxygen atoms in total. The number of rotatable bonds is 8. The van der Waals surface area contributed by atoms with Crippen LogP contribution >= 0.6 is 0 Å². The van der Waals surface area contributed by atoms with E-state index in [1.807, 2.05) is 6.92 Å². The van der Waals surface area contributed by atoms with Crippen molar-refractivity contribution in [2.75, 3.05) is 25.4 Å². The number of piperidine rings is 2. The van der Waals surface area contributed by atoms with Crippen LogP contribution in [0.1, 0.15) is 62.7 Å². The predicted molar refractivity (Wildman–Crippen MR) is 125 cm³/mol. The van der Waals surface area contributed by atoms with E-state index in [0.717, 1.165) is 6.42 Å². The quantitative estimate of drug-likeness (QED) is 0.544. The van der Waals surface area contributed by atoms with E-state index in [2.05, 4.69) is 4.72 Å². The molecule has 2 saturated heterocycles. The van der Waals surface area contributed by atoms with Crippen molar-refractivity contribution in [2.24, 2.45) is 0 Å². The van der Waals surface area contributed by atoms with Crippen LogP contribution in [0.15, 0.2) is 29.2 Å². The monoisotopic (exact) mass is 499 g/mol. The number of likely N-dealkylation sites (tertiary alicyclic amines) is 1. The molecule has 1 N–H and O–H groups in total. The Bertz CT molecular complexity index is 1060. The minimum atomic E-state index is -3.90. The normalized spacial score (nSPS) is 21.2. The summed E-state index contributed by atoms with van der Waals surface area (Å²) < 4.78 is 54.7. The number of hydrogen-bond acceptors (Lipinski definition) is 6. The van der Waals surface area contributed by atoms with Crippen molar-refractivity contribution in [1.82, 2.24) is 13.9 Å².